The maximum Gasteiger partial charge on any atom is 0.261 e. The second kappa shape index (κ2) is 5.89. The third-order valence-electron chi connectivity index (χ3n) is 5.40. The predicted octanol–water partition coefficient (Wildman–Crippen LogP) is 2.10. The van der Waals surface area contributed by atoms with Crippen LogP contribution in [-0.4, -0.2) is 47.2 Å². The summed E-state index contributed by atoms with van der Waals surface area (Å²) in [7, 11) is 0. The van der Waals surface area contributed by atoms with Gasteiger partial charge in [-0.05, 0) is 36.8 Å². The number of hydrogen-bond acceptors (Lipinski definition) is 3. The fourth-order valence-electron chi connectivity index (χ4n) is 4.03. The molecule has 1 fully saturated rings. The molecule has 0 saturated carbocycles. The quantitative estimate of drug-likeness (QED) is 0.632. The summed E-state index contributed by atoms with van der Waals surface area (Å²) in [5.41, 5.74) is 0.876. The number of carbonyl (C=O) groups excluding carboxylic acids is 3. The highest BCUT2D eigenvalue weighted by molar-refractivity contribution is 6.21. The van der Waals surface area contributed by atoms with Crippen molar-refractivity contribution < 1.29 is 14.4 Å². The van der Waals surface area contributed by atoms with E-state index in [9.17, 15) is 14.4 Å². The third kappa shape index (κ3) is 2.44. The third-order valence-corrected chi connectivity index (χ3v) is 5.40. The van der Waals surface area contributed by atoms with Crippen molar-refractivity contribution in [3.05, 3.63) is 47.5 Å². The summed E-state index contributed by atoms with van der Waals surface area (Å²) in [6.07, 6.45) is 6.71. The Labute approximate surface area is 140 Å². The Morgan fingerprint density at radius 3 is 2.04 bits per heavy atom. The Balaban J connectivity index is 1.37. The monoisotopic (exact) mass is 324 g/mol. The largest absolute Gasteiger partial charge is 0.342 e. The van der Waals surface area contributed by atoms with Crippen molar-refractivity contribution in [3.8, 4) is 0 Å². The van der Waals surface area contributed by atoms with Crippen molar-refractivity contribution in [3.63, 3.8) is 0 Å². The Morgan fingerprint density at radius 1 is 0.958 bits per heavy atom. The zero-order valence-corrected chi connectivity index (χ0v) is 13.5. The van der Waals surface area contributed by atoms with Gasteiger partial charge < -0.3 is 4.90 Å². The number of hydrogen-bond donors (Lipinski definition) is 0. The fraction of sp³-hybridized carbons (Fsp3) is 0.421. The number of nitrogens with zero attached hydrogens (tertiary/aromatic N) is 2. The van der Waals surface area contributed by atoms with Crippen LogP contribution in [0.15, 0.2) is 36.4 Å². The molecule has 1 saturated heterocycles. The normalized spacial score (nSPS) is 25.2. The summed E-state index contributed by atoms with van der Waals surface area (Å²) in [5.74, 6) is 0.600. The van der Waals surface area contributed by atoms with E-state index >= 15 is 0 Å². The molecule has 0 spiro atoms. The molecule has 2 heterocycles. The highest BCUT2D eigenvalue weighted by Gasteiger charge is 2.37. The van der Waals surface area contributed by atoms with E-state index in [1.807, 2.05) is 4.90 Å². The molecule has 1 aromatic rings. The Kier molecular flexibility index (Phi) is 3.71. The average molecular weight is 324 g/mol. The Morgan fingerprint density at radius 2 is 1.50 bits per heavy atom. The summed E-state index contributed by atoms with van der Waals surface area (Å²) < 4.78 is 0. The van der Waals surface area contributed by atoms with Gasteiger partial charge in [-0.3, -0.25) is 19.3 Å². The standard InChI is InChI=1S/C19H20N2O3/c22-17(20-11-13-5-1-2-6-14(13)12-20)9-10-21-18(23)15-7-3-4-8-16(15)19(21)24/h1-4,7-8,13-14H,5-6,9-12H2. The topological polar surface area (TPSA) is 57.7 Å². The lowest BCUT2D eigenvalue weighted by molar-refractivity contribution is -0.130. The van der Waals surface area contributed by atoms with Gasteiger partial charge in [0.2, 0.25) is 5.91 Å². The number of fused-ring (bicyclic) bond motifs is 2. The van der Waals surface area contributed by atoms with Crippen molar-refractivity contribution in [1.29, 1.82) is 0 Å². The molecule has 0 bridgehead atoms. The van der Waals surface area contributed by atoms with E-state index in [4.69, 9.17) is 0 Å². The van der Waals surface area contributed by atoms with Gasteiger partial charge >= 0.3 is 0 Å². The van der Waals surface area contributed by atoms with Crippen molar-refractivity contribution in [1.82, 2.24) is 9.80 Å². The zero-order chi connectivity index (χ0) is 16.7. The molecule has 1 aliphatic carbocycles. The van der Waals surface area contributed by atoms with E-state index < -0.39 is 0 Å². The summed E-state index contributed by atoms with van der Waals surface area (Å²) in [6, 6.07) is 6.82. The molecule has 3 amide bonds. The Hall–Kier alpha value is -2.43. The molecule has 4 rings (SSSR count). The van der Waals surface area contributed by atoms with Crippen molar-refractivity contribution in [2.45, 2.75) is 19.3 Å². The van der Waals surface area contributed by atoms with Crippen LogP contribution in [0.1, 0.15) is 40.0 Å². The molecule has 5 heteroatoms. The minimum absolute atomic E-state index is 0.0426. The number of benzene rings is 1. The molecular formula is C19H20N2O3. The van der Waals surface area contributed by atoms with Crippen LogP contribution < -0.4 is 0 Å². The molecule has 24 heavy (non-hydrogen) atoms. The number of imide groups is 1. The highest BCUT2D eigenvalue weighted by Crippen LogP contribution is 2.33. The molecule has 1 aromatic carbocycles. The van der Waals surface area contributed by atoms with Crippen LogP contribution in [0.5, 0.6) is 0 Å². The maximum absolute atomic E-state index is 12.5. The van der Waals surface area contributed by atoms with Gasteiger partial charge in [-0.15, -0.1) is 0 Å². The zero-order valence-electron chi connectivity index (χ0n) is 13.5. The van der Waals surface area contributed by atoms with Gasteiger partial charge in [0.05, 0.1) is 11.1 Å². The highest BCUT2D eigenvalue weighted by atomic mass is 16.2. The van der Waals surface area contributed by atoms with Crippen LogP contribution in [0, 0.1) is 11.8 Å². The molecule has 2 unspecified atom stereocenters. The number of allylic oxidation sites excluding steroid dienone is 2. The van der Waals surface area contributed by atoms with Gasteiger partial charge in [-0.1, -0.05) is 24.3 Å². The van der Waals surface area contributed by atoms with Crippen LogP contribution in [0.3, 0.4) is 0 Å². The van der Waals surface area contributed by atoms with Crippen LogP contribution in [-0.2, 0) is 4.79 Å². The second-order valence-electron chi connectivity index (χ2n) is 6.82. The molecule has 2 aliphatic heterocycles. The average Bonchev–Trinajstić information content (AvgIpc) is 3.14. The molecule has 0 aromatic heterocycles. The number of amides is 3. The molecule has 5 nitrogen and oxygen atoms in total. The van der Waals surface area contributed by atoms with Gasteiger partial charge in [-0.25, -0.2) is 0 Å². The first kappa shape index (κ1) is 15.1. The number of rotatable bonds is 3. The summed E-state index contributed by atoms with van der Waals surface area (Å²) in [6.45, 7) is 1.77. The van der Waals surface area contributed by atoms with E-state index in [2.05, 4.69) is 12.2 Å². The molecule has 124 valence electrons. The van der Waals surface area contributed by atoms with Crippen LogP contribution in [0.2, 0.25) is 0 Å². The maximum atomic E-state index is 12.5. The lowest BCUT2D eigenvalue weighted by Crippen LogP contribution is -2.36. The van der Waals surface area contributed by atoms with Crippen LogP contribution in [0.25, 0.3) is 0 Å². The molecule has 2 atom stereocenters. The van der Waals surface area contributed by atoms with Gasteiger partial charge in [0.1, 0.15) is 0 Å². The first-order valence-corrected chi connectivity index (χ1v) is 8.53. The molecular weight excluding hydrogens is 304 g/mol. The summed E-state index contributed by atoms with van der Waals surface area (Å²) in [4.78, 5) is 40.2. The van der Waals surface area contributed by atoms with Gasteiger partial charge in [-0.2, -0.15) is 0 Å². The summed E-state index contributed by atoms with van der Waals surface area (Å²) in [5, 5.41) is 0. The van der Waals surface area contributed by atoms with Gasteiger partial charge in [0.15, 0.2) is 0 Å². The fourth-order valence-corrected chi connectivity index (χ4v) is 4.03. The van der Waals surface area contributed by atoms with E-state index in [1.165, 1.54) is 4.90 Å². The van der Waals surface area contributed by atoms with E-state index in [-0.39, 0.29) is 30.7 Å². The van der Waals surface area contributed by atoms with Gasteiger partial charge in [0, 0.05) is 26.1 Å². The Bertz CT molecular complexity index is 689. The first-order chi connectivity index (χ1) is 11.6. The van der Waals surface area contributed by atoms with Crippen molar-refractivity contribution >= 4 is 17.7 Å². The molecule has 0 N–H and O–H groups in total. The van der Waals surface area contributed by atoms with Crippen LogP contribution >= 0.6 is 0 Å². The molecule has 0 radical (unpaired) electrons. The van der Waals surface area contributed by atoms with E-state index in [0.29, 0.717) is 23.0 Å². The lowest BCUT2D eigenvalue weighted by atomic mass is 9.86. The van der Waals surface area contributed by atoms with E-state index in [0.717, 1.165) is 25.9 Å². The SMILES string of the molecule is O=C(CCN1C(=O)c2ccccc2C1=O)N1CC2CC=CCC2C1. The number of carbonyl (C=O) groups is 3. The smallest absolute Gasteiger partial charge is 0.261 e. The number of likely N-dealkylation sites (tertiary alicyclic amines) is 1. The lowest BCUT2D eigenvalue weighted by Gasteiger charge is -2.19. The summed E-state index contributed by atoms with van der Waals surface area (Å²) >= 11 is 0. The minimum Gasteiger partial charge on any atom is -0.342 e. The second-order valence-corrected chi connectivity index (χ2v) is 6.82. The van der Waals surface area contributed by atoms with Crippen molar-refractivity contribution in [2.24, 2.45) is 11.8 Å². The van der Waals surface area contributed by atoms with Gasteiger partial charge in [0.25, 0.3) is 11.8 Å². The predicted molar refractivity (Wildman–Crippen MR) is 88.4 cm³/mol. The minimum atomic E-state index is -0.289. The van der Waals surface area contributed by atoms with Crippen LogP contribution in [0.4, 0.5) is 0 Å². The first-order valence-electron chi connectivity index (χ1n) is 8.53. The molecule has 3 aliphatic rings. The van der Waals surface area contributed by atoms with Crippen molar-refractivity contribution in [2.75, 3.05) is 19.6 Å². The van der Waals surface area contributed by atoms with E-state index in [1.54, 1.807) is 24.3 Å².